The third-order valence-electron chi connectivity index (χ3n) is 3.17. The van der Waals surface area contributed by atoms with Crippen LogP contribution in [0.2, 0.25) is 5.02 Å². The Kier molecular flexibility index (Phi) is 6.78. The smallest absolute Gasteiger partial charge is 0.373 e. The van der Waals surface area contributed by atoms with Crippen LogP contribution in [0.3, 0.4) is 0 Å². The van der Waals surface area contributed by atoms with Crippen LogP contribution in [0.15, 0.2) is 45.7 Å². The Hall–Kier alpha value is -2.36. The van der Waals surface area contributed by atoms with Gasteiger partial charge in [0.2, 0.25) is 15.8 Å². The van der Waals surface area contributed by atoms with Gasteiger partial charge in [0.25, 0.3) is 0 Å². The number of carbonyl (C=O) groups is 2. The van der Waals surface area contributed by atoms with Crippen molar-refractivity contribution in [1.29, 1.82) is 0 Å². The number of hydrogen-bond acceptors (Lipinski definition) is 7. The maximum atomic E-state index is 12.0. The van der Waals surface area contributed by atoms with E-state index in [1.165, 1.54) is 43.5 Å². The second kappa shape index (κ2) is 8.84. The molecular formula is C16H16ClNO7S. The lowest BCUT2D eigenvalue weighted by atomic mass is 10.4. The normalized spacial score (nSPS) is 11.2. The van der Waals surface area contributed by atoms with Crippen molar-refractivity contribution < 1.29 is 31.9 Å². The van der Waals surface area contributed by atoms with Gasteiger partial charge in [-0.1, -0.05) is 11.6 Å². The van der Waals surface area contributed by atoms with Crippen molar-refractivity contribution in [3.63, 3.8) is 0 Å². The molecule has 1 heterocycles. The van der Waals surface area contributed by atoms with E-state index in [0.717, 1.165) is 0 Å². The highest BCUT2D eigenvalue weighted by molar-refractivity contribution is 7.89. The minimum absolute atomic E-state index is 0.00530. The SMILES string of the molecule is COC(=O)c1ccc(COC(=O)CCNS(=O)(=O)c2ccc(Cl)cc2)o1. The molecule has 0 unspecified atom stereocenters. The minimum atomic E-state index is -3.74. The van der Waals surface area contributed by atoms with Crippen LogP contribution in [0.4, 0.5) is 0 Å². The molecule has 0 atom stereocenters. The number of halogens is 1. The third-order valence-corrected chi connectivity index (χ3v) is 4.90. The van der Waals surface area contributed by atoms with E-state index in [9.17, 15) is 18.0 Å². The molecule has 0 aliphatic carbocycles. The van der Waals surface area contributed by atoms with E-state index in [4.69, 9.17) is 20.8 Å². The van der Waals surface area contributed by atoms with Crippen LogP contribution in [0.25, 0.3) is 0 Å². The summed E-state index contributed by atoms with van der Waals surface area (Å²) in [6.07, 6.45) is -0.169. The molecule has 8 nitrogen and oxygen atoms in total. The van der Waals surface area contributed by atoms with Crippen LogP contribution in [0.5, 0.6) is 0 Å². The average molecular weight is 402 g/mol. The Morgan fingerprint density at radius 2 is 1.85 bits per heavy atom. The summed E-state index contributed by atoms with van der Waals surface area (Å²) in [7, 11) is -2.52. The number of carbonyl (C=O) groups excluding carboxylic acids is 2. The molecule has 1 aromatic heterocycles. The van der Waals surface area contributed by atoms with Gasteiger partial charge in [0.05, 0.1) is 18.4 Å². The first kappa shape index (κ1) is 20.0. The Morgan fingerprint density at radius 1 is 1.15 bits per heavy atom. The van der Waals surface area contributed by atoms with Crippen LogP contribution in [0.1, 0.15) is 22.7 Å². The molecule has 0 aliphatic rings. The average Bonchev–Trinajstić information content (AvgIpc) is 3.08. The lowest BCUT2D eigenvalue weighted by molar-refractivity contribution is -0.145. The number of sulfonamides is 1. The molecule has 0 spiro atoms. The van der Waals surface area contributed by atoms with E-state index in [1.807, 2.05) is 0 Å². The quantitative estimate of drug-likeness (QED) is 0.674. The number of esters is 2. The Labute approximate surface area is 155 Å². The number of nitrogens with one attached hydrogen (secondary N) is 1. The van der Waals surface area contributed by atoms with Gasteiger partial charge >= 0.3 is 11.9 Å². The molecule has 1 N–H and O–H groups in total. The maximum Gasteiger partial charge on any atom is 0.373 e. The Balaban J connectivity index is 1.77. The van der Waals surface area contributed by atoms with Gasteiger partial charge in [-0.15, -0.1) is 0 Å². The molecule has 26 heavy (non-hydrogen) atoms. The van der Waals surface area contributed by atoms with Crippen molar-refractivity contribution in [3.05, 3.63) is 52.9 Å². The predicted octanol–water partition coefficient (Wildman–Crippen LogP) is 2.13. The van der Waals surface area contributed by atoms with Gasteiger partial charge in [-0.05, 0) is 36.4 Å². The molecule has 0 aliphatic heterocycles. The van der Waals surface area contributed by atoms with Gasteiger partial charge in [-0.25, -0.2) is 17.9 Å². The number of benzene rings is 1. The lowest BCUT2D eigenvalue weighted by Crippen LogP contribution is -2.26. The monoisotopic (exact) mass is 401 g/mol. The lowest BCUT2D eigenvalue weighted by Gasteiger charge is -2.07. The second-order valence-corrected chi connectivity index (χ2v) is 7.22. The van der Waals surface area contributed by atoms with Crippen LogP contribution in [-0.4, -0.2) is 34.0 Å². The molecule has 1 aromatic carbocycles. The van der Waals surface area contributed by atoms with Gasteiger partial charge in [-0.3, -0.25) is 4.79 Å². The van der Waals surface area contributed by atoms with Crippen molar-refractivity contribution in [3.8, 4) is 0 Å². The molecule has 140 valence electrons. The fourth-order valence-electron chi connectivity index (χ4n) is 1.87. The van der Waals surface area contributed by atoms with E-state index >= 15 is 0 Å². The molecule has 0 saturated heterocycles. The zero-order valence-electron chi connectivity index (χ0n) is 13.7. The fraction of sp³-hybridized carbons (Fsp3) is 0.250. The Morgan fingerprint density at radius 3 is 2.50 bits per heavy atom. The molecule has 0 fully saturated rings. The topological polar surface area (TPSA) is 112 Å². The maximum absolute atomic E-state index is 12.0. The summed E-state index contributed by atoms with van der Waals surface area (Å²) in [6, 6.07) is 8.50. The highest BCUT2D eigenvalue weighted by Crippen LogP contribution is 2.14. The van der Waals surface area contributed by atoms with Gasteiger partial charge in [-0.2, -0.15) is 0 Å². The van der Waals surface area contributed by atoms with E-state index in [0.29, 0.717) is 5.02 Å². The summed E-state index contributed by atoms with van der Waals surface area (Å²) in [5.74, 6) is -1.01. The molecule has 10 heteroatoms. The fourth-order valence-corrected chi connectivity index (χ4v) is 3.03. The number of furan rings is 1. The first-order chi connectivity index (χ1) is 12.3. The van der Waals surface area contributed by atoms with E-state index in [1.54, 1.807) is 0 Å². The first-order valence-corrected chi connectivity index (χ1v) is 9.26. The molecule has 0 amide bonds. The van der Waals surface area contributed by atoms with Gasteiger partial charge < -0.3 is 13.9 Å². The first-order valence-electron chi connectivity index (χ1n) is 7.39. The number of rotatable bonds is 8. The van der Waals surface area contributed by atoms with Crippen molar-refractivity contribution in [1.82, 2.24) is 4.72 Å². The van der Waals surface area contributed by atoms with Crippen molar-refractivity contribution in [2.75, 3.05) is 13.7 Å². The van der Waals surface area contributed by atoms with Crippen LogP contribution in [-0.2, 0) is 30.9 Å². The molecular weight excluding hydrogens is 386 g/mol. The van der Waals surface area contributed by atoms with Crippen LogP contribution >= 0.6 is 11.6 Å². The zero-order chi connectivity index (χ0) is 19.2. The largest absolute Gasteiger partial charge is 0.463 e. The van der Waals surface area contributed by atoms with Crippen molar-refractivity contribution >= 4 is 33.6 Å². The van der Waals surface area contributed by atoms with E-state index in [2.05, 4.69) is 9.46 Å². The van der Waals surface area contributed by atoms with Crippen LogP contribution in [0, 0.1) is 0 Å². The predicted molar refractivity (Wildman–Crippen MR) is 91.1 cm³/mol. The second-order valence-electron chi connectivity index (χ2n) is 5.02. The van der Waals surface area contributed by atoms with Gasteiger partial charge in [0, 0.05) is 11.6 Å². The van der Waals surface area contributed by atoms with Crippen molar-refractivity contribution in [2.24, 2.45) is 0 Å². The number of ether oxygens (including phenoxy) is 2. The van der Waals surface area contributed by atoms with E-state index < -0.39 is 22.0 Å². The number of methoxy groups -OCH3 is 1. The molecule has 0 bridgehead atoms. The zero-order valence-corrected chi connectivity index (χ0v) is 15.3. The molecule has 2 aromatic rings. The summed E-state index contributed by atoms with van der Waals surface area (Å²) in [6.45, 7) is -0.310. The molecule has 0 radical (unpaired) electrons. The summed E-state index contributed by atoms with van der Waals surface area (Å²) in [5.41, 5.74) is 0. The van der Waals surface area contributed by atoms with Crippen LogP contribution < -0.4 is 4.72 Å². The highest BCUT2D eigenvalue weighted by atomic mass is 35.5. The summed E-state index contributed by atoms with van der Waals surface area (Å²) >= 11 is 5.71. The Bertz CT molecular complexity index is 874. The summed E-state index contributed by atoms with van der Waals surface area (Å²) in [4.78, 5) is 23.0. The summed E-state index contributed by atoms with van der Waals surface area (Å²) < 4.78 is 40.9. The molecule has 0 saturated carbocycles. The number of hydrogen-bond donors (Lipinski definition) is 1. The third kappa shape index (κ3) is 5.58. The standard InChI is InChI=1S/C16H16ClNO7S/c1-23-16(20)14-7-4-12(25-14)10-24-15(19)8-9-18-26(21,22)13-5-2-11(17)3-6-13/h2-7,18H,8-10H2,1H3. The highest BCUT2D eigenvalue weighted by Gasteiger charge is 2.15. The van der Waals surface area contributed by atoms with Gasteiger partial charge in [0.1, 0.15) is 12.4 Å². The summed E-state index contributed by atoms with van der Waals surface area (Å²) in [5, 5.41) is 0.417. The van der Waals surface area contributed by atoms with Crippen molar-refractivity contribution in [2.45, 2.75) is 17.9 Å². The van der Waals surface area contributed by atoms with Gasteiger partial charge in [0.15, 0.2) is 0 Å². The van der Waals surface area contributed by atoms with E-state index in [-0.39, 0.29) is 36.0 Å². The minimum Gasteiger partial charge on any atom is -0.463 e. The molecule has 2 rings (SSSR count).